The summed E-state index contributed by atoms with van der Waals surface area (Å²) < 4.78 is 0. The van der Waals surface area contributed by atoms with Gasteiger partial charge in [-0.1, -0.05) is 87.7 Å². The molecule has 0 saturated carbocycles. The highest BCUT2D eigenvalue weighted by Crippen LogP contribution is 2.34. The maximum Gasteiger partial charge on any atom is -0.0118 e. The molecule has 0 heteroatoms. The summed E-state index contributed by atoms with van der Waals surface area (Å²) in [7, 11) is 0. The number of fused-ring (bicyclic) bond motifs is 2. The third kappa shape index (κ3) is 4.32. The Morgan fingerprint density at radius 1 is 0.714 bits per heavy atom. The SMILES string of the molecule is CCCCCc1ccc2c(c1)CCC(c1ccc3cc(CCC)ccc3c1)C2. The van der Waals surface area contributed by atoms with Gasteiger partial charge in [0.15, 0.2) is 0 Å². The standard InChI is InChI=1S/C28H34/c1-3-5-6-8-22-10-12-26-20-28(16-14-24(26)18-22)27-15-13-23-17-21(7-4-2)9-11-25(23)19-27/h9-13,15,17-19,28H,3-8,14,16,20H2,1-2H3. The molecule has 0 bridgehead atoms. The van der Waals surface area contributed by atoms with Crippen molar-refractivity contribution >= 4 is 10.8 Å². The minimum absolute atomic E-state index is 0.665. The summed E-state index contributed by atoms with van der Waals surface area (Å²) in [4.78, 5) is 0. The van der Waals surface area contributed by atoms with Gasteiger partial charge in [-0.2, -0.15) is 0 Å². The number of benzene rings is 3. The van der Waals surface area contributed by atoms with Gasteiger partial charge in [-0.25, -0.2) is 0 Å². The smallest absolute Gasteiger partial charge is 0.0118 e. The van der Waals surface area contributed by atoms with Crippen molar-refractivity contribution in [1.82, 2.24) is 0 Å². The average Bonchev–Trinajstić information content (AvgIpc) is 2.73. The maximum absolute atomic E-state index is 2.50. The molecule has 3 aromatic rings. The molecule has 28 heavy (non-hydrogen) atoms. The van der Waals surface area contributed by atoms with Gasteiger partial charge in [-0.15, -0.1) is 0 Å². The van der Waals surface area contributed by atoms with Gasteiger partial charge in [0.05, 0.1) is 0 Å². The van der Waals surface area contributed by atoms with Crippen molar-refractivity contribution in [2.75, 3.05) is 0 Å². The molecule has 0 radical (unpaired) electrons. The van der Waals surface area contributed by atoms with Crippen LogP contribution in [0.1, 0.15) is 79.7 Å². The van der Waals surface area contributed by atoms with Crippen LogP contribution in [0.4, 0.5) is 0 Å². The number of hydrogen-bond donors (Lipinski definition) is 0. The Balaban J connectivity index is 1.49. The molecule has 1 atom stereocenters. The number of unbranched alkanes of at least 4 members (excludes halogenated alkanes) is 2. The maximum atomic E-state index is 2.50. The van der Waals surface area contributed by atoms with Crippen LogP contribution in [0.15, 0.2) is 54.6 Å². The van der Waals surface area contributed by atoms with E-state index in [0.29, 0.717) is 5.92 Å². The first-order valence-electron chi connectivity index (χ1n) is 11.4. The van der Waals surface area contributed by atoms with E-state index in [-0.39, 0.29) is 0 Å². The Labute approximate surface area is 171 Å². The summed E-state index contributed by atoms with van der Waals surface area (Å²) in [6.45, 7) is 4.53. The van der Waals surface area contributed by atoms with Crippen LogP contribution in [0.25, 0.3) is 10.8 Å². The third-order valence-corrected chi connectivity index (χ3v) is 6.51. The Hall–Kier alpha value is -2.08. The minimum Gasteiger partial charge on any atom is -0.0654 e. The van der Waals surface area contributed by atoms with Crippen LogP contribution in [-0.4, -0.2) is 0 Å². The molecule has 0 aromatic heterocycles. The van der Waals surface area contributed by atoms with Gasteiger partial charge >= 0.3 is 0 Å². The van der Waals surface area contributed by atoms with Crippen molar-refractivity contribution in [3.05, 3.63) is 82.4 Å². The first-order chi connectivity index (χ1) is 13.8. The molecule has 0 aliphatic heterocycles. The lowest BCUT2D eigenvalue weighted by Gasteiger charge is -2.26. The largest absolute Gasteiger partial charge is 0.0654 e. The van der Waals surface area contributed by atoms with E-state index in [1.807, 2.05) is 0 Å². The highest BCUT2D eigenvalue weighted by Gasteiger charge is 2.20. The Kier molecular flexibility index (Phi) is 6.15. The van der Waals surface area contributed by atoms with Crippen LogP contribution >= 0.6 is 0 Å². The Morgan fingerprint density at radius 3 is 2.36 bits per heavy atom. The van der Waals surface area contributed by atoms with E-state index in [1.54, 1.807) is 16.7 Å². The van der Waals surface area contributed by atoms with E-state index >= 15 is 0 Å². The molecule has 0 saturated heterocycles. The monoisotopic (exact) mass is 370 g/mol. The lowest BCUT2D eigenvalue weighted by Crippen LogP contribution is -2.13. The van der Waals surface area contributed by atoms with Crippen LogP contribution in [0, 0.1) is 0 Å². The molecule has 0 nitrogen and oxygen atoms in total. The van der Waals surface area contributed by atoms with E-state index in [4.69, 9.17) is 0 Å². The van der Waals surface area contributed by atoms with E-state index in [2.05, 4.69) is 68.4 Å². The van der Waals surface area contributed by atoms with Gasteiger partial charge in [0, 0.05) is 0 Å². The van der Waals surface area contributed by atoms with E-state index in [9.17, 15) is 0 Å². The molecule has 1 aliphatic carbocycles. The van der Waals surface area contributed by atoms with Crippen LogP contribution in [0.3, 0.4) is 0 Å². The third-order valence-electron chi connectivity index (χ3n) is 6.51. The molecule has 1 unspecified atom stereocenters. The van der Waals surface area contributed by atoms with Gasteiger partial charge in [0.25, 0.3) is 0 Å². The fourth-order valence-electron chi connectivity index (χ4n) is 4.84. The zero-order valence-corrected chi connectivity index (χ0v) is 17.6. The summed E-state index contributed by atoms with van der Waals surface area (Å²) in [5.41, 5.74) is 7.71. The first-order valence-corrected chi connectivity index (χ1v) is 11.4. The van der Waals surface area contributed by atoms with Crippen LogP contribution in [0.2, 0.25) is 0 Å². The van der Waals surface area contributed by atoms with Crippen molar-refractivity contribution in [3.8, 4) is 0 Å². The van der Waals surface area contributed by atoms with Gasteiger partial charge in [0.2, 0.25) is 0 Å². The molecular weight excluding hydrogens is 336 g/mol. The van der Waals surface area contributed by atoms with Gasteiger partial charge in [-0.05, 0) is 83.0 Å². The molecule has 3 aromatic carbocycles. The Morgan fingerprint density at radius 2 is 1.50 bits per heavy atom. The molecule has 0 amide bonds. The quantitative estimate of drug-likeness (QED) is 0.372. The summed E-state index contributed by atoms with van der Waals surface area (Å²) in [6.07, 6.45) is 11.3. The minimum atomic E-state index is 0.665. The summed E-state index contributed by atoms with van der Waals surface area (Å²) in [6, 6.07) is 21.5. The molecular formula is C28H34. The van der Waals surface area contributed by atoms with Crippen LogP contribution in [0.5, 0.6) is 0 Å². The number of rotatable bonds is 7. The lowest BCUT2D eigenvalue weighted by molar-refractivity contribution is 0.584. The number of hydrogen-bond acceptors (Lipinski definition) is 0. The summed E-state index contributed by atoms with van der Waals surface area (Å²) >= 11 is 0. The van der Waals surface area contributed by atoms with Crippen LogP contribution in [-0.2, 0) is 25.7 Å². The van der Waals surface area contributed by atoms with E-state index in [1.165, 1.54) is 79.7 Å². The van der Waals surface area contributed by atoms with Crippen LogP contribution < -0.4 is 0 Å². The van der Waals surface area contributed by atoms with Gasteiger partial charge < -0.3 is 0 Å². The second kappa shape index (κ2) is 8.95. The molecule has 0 N–H and O–H groups in total. The predicted octanol–water partition coefficient (Wildman–Crippen LogP) is 7.80. The molecule has 146 valence electrons. The molecule has 1 aliphatic rings. The normalized spacial score (nSPS) is 16.3. The second-order valence-corrected chi connectivity index (χ2v) is 8.69. The molecule has 0 fully saturated rings. The van der Waals surface area contributed by atoms with Crippen molar-refractivity contribution in [3.63, 3.8) is 0 Å². The summed E-state index contributed by atoms with van der Waals surface area (Å²) in [5.74, 6) is 0.665. The second-order valence-electron chi connectivity index (χ2n) is 8.69. The molecule has 4 rings (SSSR count). The van der Waals surface area contributed by atoms with E-state index in [0.717, 1.165) is 0 Å². The van der Waals surface area contributed by atoms with Crippen molar-refractivity contribution in [1.29, 1.82) is 0 Å². The fourth-order valence-corrected chi connectivity index (χ4v) is 4.84. The Bertz CT molecular complexity index is 934. The fraction of sp³-hybridized carbons (Fsp3) is 0.429. The summed E-state index contributed by atoms with van der Waals surface area (Å²) in [5, 5.41) is 2.79. The van der Waals surface area contributed by atoms with Gasteiger partial charge in [0.1, 0.15) is 0 Å². The number of aryl methyl sites for hydroxylation is 3. The first kappa shape index (κ1) is 19.2. The van der Waals surface area contributed by atoms with E-state index < -0.39 is 0 Å². The van der Waals surface area contributed by atoms with Crippen molar-refractivity contribution in [2.24, 2.45) is 0 Å². The highest BCUT2D eigenvalue weighted by molar-refractivity contribution is 5.84. The zero-order chi connectivity index (χ0) is 19.3. The topological polar surface area (TPSA) is 0 Å². The highest BCUT2D eigenvalue weighted by atomic mass is 14.2. The van der Waals surface area contributed by atoms with Crippen molar-refractivity contribution < 1.29 is 0 Å². The predicted molar refractivity (Wildman–Crippen MR) is 122 cm³/mol. The van der Waals surface area contributed by atoms with Crippen molar-refractivity contribution in [2.45, 2.75) is 77.6 Å². The lowest BCUT2D eigenvalue weighted by atomic mass is 9.79. The molecule has 0 heterocycles. The van der Waals surface area contributed by atoms with Gasteiger partial charge in [-0.3, -0.25) is 0 Å². The average molecular weight is 371 g/mol. The molecule has 0 spiro atoms. The zero-order valence-electron chi connectivity index (χ0n) is 17.6.